The van der Waals surface area contributed by atoms with Gasteiger partial charge in [0.2, 0.25) is 5.91 Å². The number of ether oxygens (including phenoxy) is 1. The molecule has 1 atom stereocenters. The number of nitrogens with one attached hydrogen (secondary N) is 1. The van der Waals surface area contributed by atoms with E-state index >= 15 is 0 Å². The molecule has 3 aromatic rings. The van der Waals surface area contributed by atoms with Gasteiger partial charge in [-0.05, 0) is 57.5 Å². The molecule has 6 nitrogen and oxygen atoms in total. The van der Waals surface area contributed by atoms with Crippen LogP contribution in [0.1, 0.15) is 26.7 Å². The van der Waals surface area contributed by atoms with Crippen LogP contribution in [0.5, 0.6) is 0 Å². The highest BCUT2D eigenvalue weighted by Gasteiger charge is 2.27. The molecule has 0 saturated carbocycles. The Kier molecular flexibility index (Phi) is 6.04. The van der Waals surface area contributed by atoms with Crippen LogP contribution < -0.4 is 5.32 Å². The Bertz CT molecular complexity index is 1070. The van der Waals surface area contributed by atoms with Gasteiger partial charge in [0.1, 0.15) is 0 Å². The Balaban J connectivity index is 1.47. The highest BCUT2D eigenvalue weighted by Crippen LogP contribution is 2.31. The number of likely N-dealkylation sites (tertiary alicyclic amines) is 1. The number of hydrogen-bond acceptors (Lipinski definition) is 4. The van der Waals surface area contributed by atoms with Gasteiger partial charge in [-0.2, -0.15) is 0 Å². The molecule has 0 radical (unpaired) electrons. The third-order valence-electron chi connectivity index (χ3n) is 5.87. The first-order valence-corrected chi connectivity index (χ1v) is 10.8. The molecule has 2 aromatic carbocycles. The van der Waals surface area contributed by atoms with Crippen LogP contribution in [-0.4, -0.2) is 47.6 Å². The summed E-state index contributed by atoms with van der Waals surface area (Å²) in [6.45, 7) is 6.94. The summed E-state index contributed by atoms with van der Waals surface area (Å²) in [4.78, 5) is 26.7. The maximum Gasteiger partial charge on any atom is 0.310 e. The normalized spacial score (nSPS) is 17.3. The summed E-state index contributed by atoms with van der Waals surface area (Å²) in [6.07, 6.45) is 1.73. The SMILES string of the molecule is CCOC(=O)C1CCCN(CC(=O)Nc2ccc3c(c2)c2ccccc2n3CC)C1. The van der Waals surface area contributed by atoms with Gasteiger partial charge < -0.3 is 14.6 Å². The summed E-state index contributed by atoms with van der Waals surface area (Å²) < 4.78 is 7.44. The topological polar surface area (TPSA) is 63.6 Å². The number of fused-ring (bicyclic) bond motifs is 3. The molecular weight excluding hydrogens is 378 g/mol. The van der Waals surface area contributed by atoms with Crippen LogP contribution in [0.3, 0.4) is 0 Å². The van der Waals surface area contributed by atoms with E-state index < -0.39 is 0 Å². The average molecular weight is 408 g/mol. The van der Waals surface area contributed by atoms with Crippen molar-refractivity contribution in [2.75, 3.05) is 31.6 Å². The molecule has 1 amide bonds. The van der Waals surface area contributed by atoms with E-state index in [9.17, 15) is 9.59 Å². The van der Waals surface area contributed by atoms with Gasteiger partial charge in [-0.1, -0.05) is 18.2 Å². The zero-order chi connectivity index (χ0) is 21.1. The van der Waals surface area contributed by atoms with Crippen LogP contribution in [0.2, 0.25) is 0 Å². The molecule has 4 rings (SSSR count). The van der Waals surface area contributed by atoms with E-state index in [1.54, 1.807) is 0 Å². The first kappa shape index (κ1) is 20.4. The lowest BCUT2D eigenvalue weighted by Gasteiger charge is -2.30. The third-order valence-corrected chi connectivity index (χ3v) is 5.87. The number of esters is 1. The summed E-state index contributed by atoms with van der Waals surface area (Å²) in [5, 5.41) is 5.37. The van der Waals surface area contributed by atoms with Crippen molar-refractivity contribution in [1.82, 2.24) is 9.47 Å². The van der Waals surface area contributed by atoms with Crippen LogP contribution in [-0.2, 0) is 20.9 Å². The van der Waals surface area contributed by atoms with Crippen molar-refractivity contribution >= 4 is 39.4 Å². The fourth-order valence-electron chi connectivity index (χ4n) is 4.53. The molecule has 2 heterocycles. The molecule has 1 aliphatic heterocycles. The third kappa shape index (κ3) is 4.05. The van der Waals surface area contributed by atoms with Crippen molar-refractivity contribution in [2.24, 2.45) is 5.92 Å². The van der Waals surface area contributed by atoms with Crippen molar-refractivity contribution in [3.8, 4) is 0 Å². The van der Waals surface area contributed by atoms with Crippen molar-refractivity contribution in [3.63, 3.8) is 0 Å². The number of nitrogens with zero attached hydrogens (tertiary/aromatic N) is 2. The van der Waals surface area contributed by atoms with E-state index in [1.165, 1.54) is 16.4 Å². The average Bonchev–Trinajstić information content (AvgIpc) is 3.07. The zero-order valence-corrected chi connectivity index (χ0v) is 17.7. The first-order valence-electron chi connectivity index (χ1n) is 10.8. The number of piperidine rings is 1. The molecule has 30 heavy (non-hydrogen) atoms. The van der Waals surface area contributed by atoms with E-state index in [1.807, 2.05) is 24.0 Å². The minimum atomic E-state index is -0.152. The van der Waals surface area contributed by atoms with Crippen LogP contribution in [0, 0.1) is 5.92 Å². The molecule has 0 aliphatic carbocycles. The number of carbonyl (C=O) groups is 2. The lowest BCUT2D eigenvalue weighted by atomic mass is 9.98. The van der Waals surface area contributed by atoms with Gasteiger partial charge in [-0.3, -0.25) is 14.5 Å². The Morgan fingerprint density at radius 3 is 2.70 bits per heavy atom. The summed E-state index contributed by atoms with van der Waals surface area (Å²) in [6, 6.07) is 14.4. The molecule has 158 valence electrons. The monoisotopic (exact) mass is 407 g/mol. The number of benzene rings is 2. The van der Waals surface area contributed by atoms with E-state index in [-0.39, 0.29) is 24.3 Å². The minimum absolute atomic E-state index is 0.0573. The number of anilines is 1. The zero-order valence-electron chi connectivity index (χ0n) is 17.7. The number of aromatic nitrogens is 1. The molecule has 0 bridgehead atoms. The first-order chi connectivity index (χ1) is 14.6. The number of rotatable bonds is 6. The Morgan fingerprint density at radius 1 is 1.10 bits per heavy atom. The quantitative estimate of drug-likeness (QED) is 0.627. The molecule has 1 N–H and O–H groups in total. The van der Waals surface area contributed by atoms with Gasteiger partial charge in [-0.15, -0.1) is 0 Å². The smallest absolute Gasteiger partial charge is 0.310 e. The number of para-hydroxylation sites is 1. The van der Waals surface area contributed by atoms with E-state index in [0.29, 0.717) is 13.2 Å². The second-order valence-electron chi connectivity index (χ2n) is 7.87. The largest absolute Gasteiger partial charge is 0.466 e. The van der Waals surface area contributed by atoms with E-state index in [0.717, 1.165) is 37.0 Å². The maximum absolute atomic E-state index is 12.7. The summed E-state index contributed by atoms with van der Waals surface area (Å²) in [5.74, 6) is -0.346. The van der Waals surface area contributed by atoms with Gasteiger partial charge in [0.25, 0.3) is 0 Å². The number of aryl methyl sites for hydroxylation is 1. The lowest BCUT2D eigenvalue weighted by Crippen LogP contribution is -2.43. The number of amides is 1. The molecule has 1 aromatic heterocycles. The van der Waals surface area contributed by atoms with Gasteiger partial charge in [0, 0.05) is 40.6 Å². The predicted molar refractivity (Wildman–Crippen MR) is 120 cm³/mol. The van der Waals surface area contributed by atoms with Gasteiger partial charge in [-0.25, -0.2) is 0 Å². The van der Waals surface area contributed by atoms with Crippen LogP contribution >= 0.6 is 0 Å². The van der Waals surface area contributed by atoms with Crippen molar-refractivity contribution in [3.05, 3.63) is 42.5 Å². The van der Waals surface area contributed by atoms with Crippen molar-refractivity contribution < 1.29 is 14.3 Å². The molecule has 0 spiro atoms. The lowest BCUT2D eigenvalue weighted by molar-refractivity contribution is -0.150. The predicted octanol–water partition coefficient (Wildman–Crippen LogP) is 4.03. The van der Waals surface area contributed by atoms with E-state index in [2.05, 4.69) is 47.1 Å². The summed E-state index contributed by atoms with van der Waals surface area (Å²) in [7, 11) is 0. The van der Waals surface area contributed by atoms with Crippen LogP contribution in [0.4, 0.5) is 5.69 Å². The second kappa shape index (κ2) is 8.88. The van der Waals surface area contributed by atoms with Gasteiger partial charge in [0.05, 0.1) is 19.1 Å². The fraction of sp³-hybridized carbons (Fsp3) is 0.417. The summed E-state index contributed by atoms with van der Waals surface area (Å²) in [5.41, 5.74) is 3.17. The highest BCUT2D eigenvalue weighted by atomic mass is 16.5. The highest BCUT2D eigenvalue weighted by molar-refractivity contribution is 6.09. The maximum atomic E-state index is 12.7. The molecule has 6 heteroatoms. The Hall–Kier alpha value is -2.86. The number of carbonyl (C=O) groups excluding carboxylic acids is 2. The minimum Gasteiger partial charge on any atom is -0.466 e. The van der Waals surface area contributed by atoms with E-state index in [4.69, 9.17) is 4.74 Å². The van der Waals surface area contributed by atoms with Gasteiger partial charge >= 0.3 is 5.97 Å². The van der Waals surface area contributed by atoms with Crippen molar-refractivity contribution in [2.45, 2.75) is 33.2 Å². The number of hydrogen-bond donors (Lipinski definition) is 1. The van der Waals surface area contributed by atoms with Gasteiger partial charge in [0.15, 0.2) is 0 Å². The molecule has 1 fully saturated rings. The molecule has 1 unspecified atom stereocenters. The van der Waals surface area contributed by atoms with Crippen molar-refractivity contribution in [1.29, 1.82) is 0 Å². The van der Waals surface area contributed by atoms with Crippen LogP contribution in [0.25, 0.3) is 21.8 Å². The molecule has 1 saturated heterocycles. The molecule has 1 aliphatic rings. The Morgan fingerprint density at radius 2 is 1.90 bits per heavy atom. The molecular formula is C24H29N3O3. The Labute approximate surface area is 176 Å². The fourth-order valence-corrected chi connectivity index (χ4v) is 4.53. The summed E-state index contributed by atoms with van der Waals surface area (Å²) >= 11 is 0. The second-order valence-corrected chi connectivity index (χ2v) is 7.87. The van der Waals surface area contributed by atoms with Crippen LogP contribution in [0.15, 0.2) is 42.5 Å². The standard InChI is InChI=1S/C24H29N3O3/c1-3-27-21-10-6-5-9-19(21)20-14-18(11-12-22(20)27)25-23(28)16-26-13-7-8-17(15-26)24(29)30-4-2/h5-6,9-12,14,17H,3-4,7-8,13,15-16H2,1-2H3,(H,25,28).